The molecule has 0 bridgehead atoms. The second-order valence-corrected chi connectivity index (χ2v) is 6.71. The Bertz CT molecular complexity index is 749. The van der Waals surface area contributed by atoms with E-state index in [9.17, 15) is 4.79 Å². The van der Waals surface area contributed by atoms with Gasteiger partial charge in [-0.25, -0.2) is 0 Å². The first kappa shape index (κ1) is 13.6. The van der Waals surface area contributed by atoms with Gasteiger partial charge in [-0.2, -0.15) is 0 Å². The number of carbonyl (C=O) groups excluding carboxylic acids is 1. The molecule has 22 heavy (non-hydrogen) atoms. The summed E-state index contributed by atoms with van der Waals surface area (Å²) in [6.45, 7) is 1.61. The zero-order valence-corrected chi connectivity index (χ0v) is 13.0. The normalized spacial score (nSPS) is 16.3. The lowest BCUT2D eigenvalue weighted by atomic mass is 9.95. The topological polar surface area (TPSA) is 33.5 Å². The summed E-state index contributed by atoms with van der Waals surface area (Å²) in [6, 6.07) is 13.9. The molecule has 0 unspecified atom stereocenters. The highest BCUT2D eigenvalue weighted by atomic mass is 32.1. The third-order valence-electron chi connectivity index (χ3n) is 4.36. The van der Waals surface area contributed by atoms with Gasteiger partial charge in [-0.1, -0.05) is 24.3 Å². The van der Waals surface area contributed by atoms with Crippen LogP contribution in [-0.2, 0) is 0 Å². The lowest BCUT2D eigenvalue weighted by Crippen LogP contribution is -2.37. The Hall–Kier alpha value is -2.07. The van der Waals surface area contributed by atoms with Crippen LogP contribution in [0.15, 0.2) is 52.3 Å². The summed E-state index contributed by atoms with van der Waals surface area (Å²) in [6.07, 6.45) is 2.07. The summed E-state index contributed by atoms with van der Waals surface area (Å²) in [4.78, 5) is 16.0. The molecule has 0 spiro atoms. The fraction of sp³-hybridized carbons (Fsp3) is 0.278. The maximum atomic E-state index is 12.6. The minimum absolute atomic E-state index is 0.0147. The zero-order valence-electron chi connectivity index (χ0n) is 12.2. The van der Waals surface area contributed by atoms with E-state index in [1.54, 1.807) is 0 Å². The van der Waals surface area contributed by atoms with Crippen molar-refractivity contribution in [1.29, 1.82) is 0 Å². The highest BCUT2D eigenvalue weighted by molar-refractivity contribution is 7.10. The summed E-state index contributed by atoms with van der Waals surface area (Å²) < 4.78 is 5.69. The standard InChI is InChI=1S/C18H17NO2S/c20-18(16-12-14-4-1-2-5-15(14)21-16)19-9-7-13(8-10-19)17-6-3-11-22-17/h1-6,11-13H,7-10H2. The number of amides is 1. The van der Waals surface area contributed by atoms with Gasteiger partial charge in [-0.05, 0) is 42.3 Å². The first-order valence-corrected chi connectivity index (χ1v) is 8.50. The minimum Gasteiger partial charge on any atom is -0.451 e. The van der Waals surface area contributed by atoms with Crippen LogP contribution in [0.25, 0.3) is 11.0 Å². The molecular weight excluding hydrogens is 294 g/mol. The van der Waals surface area contributed by atoms with Crippen molar-refractivity contribution in [3.05, 3.63) is 58.5 Å². The number of benzene rings is 1. The fourth-order valence-corrected chi connectivity index (χ4v) is 4.03. The Morgan fingerprint density at radius 1 is 1.14 bits per heavy atom. The van der Waals surface area contributed by atoms with Crippen molar-refractivity contribution >= 4 is 28.2 Å². The molecule has 1 aliphatic rings. The van der Waals surface area contributed by atoms with E-state index >= 15 is 0 Å². The fourth-order valence-electron chi connectivity index (χ4n) is 3.13. The van der Waals surface area contributed by atoms with Crippen LogP contribution >= 0.6 is 11.3 Å². The van der Waals surface area contributed by atoms with Crippen LogP contribution < -0.4 is 0 Å². The number of furan rings is 1. The first-order chi connectivity index (χ1) is 10.8. The number of piperidine rings is 1. The van der Waals surface area contributed by atoms with Crippen LogP contribution in [0, 0.1) is 0 Å². The van der Waals surface area contributed by atoms with Crippen molar-refractivity contribution in [2.24, 2.45) is 0 Å². The van der Waals surface area contributed by atoms with E-state index in [0.717, 1.165) is 36.9 Å². The molecule has 1 aromatic carbocycles. The largest absolute Gasteiger partial charge is 0.451 e. The van der Waals surface area contributed by atoms with Crippen LogP contribution in [-0.4, -0.2) is 23.9 Å². The second-order valence-electron chi connectivity index (χ2n) is 5.73. The molecule has 1 saturated heterocycles. The van der Waals surface area contributed by atoms with E-state index in [1.165, 1.54) is 4.88 Å². The Kier molecular flexibility index (Phi) is 3.47. The van der Waals surface area contributed by atoms with Crippen molar-refractivity contribution in [3.8, 4) is 0 Å². The number of para-hydroxylation sites is 1. The molecule has 4 heteroatoms. The number of carbonyl (C=O) groups is 1. The van der Waals surface area contributed by atoms with Crippen molar-refractivity contribution in [1.82, 2.24) is 4.90 Å². The van der Waals surface area contributed by atoms with Crippen molar-refractivity contribution in [2.75, 3.05) is 13.1 Å². The van der Waals surface area contributed by atoms with E-state index in [0.29, 0.717) is 11.7 Å². The van der Waals surface area contributed by atoms with Crippen molar-refractivity contribution < 1.29 is 9.21 Å². The van der Waals surface area contributed by atoms with Crippen LogP contribution in [0.4, 0.5) is 0 Å². The SMILES string of the molecule is O=C(c1cc2ccccc2o1)N1CCC(c2cccs2)CC1. The van der Waals surface area contributed by atoms with Gasteiger partial charge in [0.25, 0.3) is 5.91 Å². The number of nitrogens with zero attached hydrogens (tertiary/aromatic N) is 1. The molecule has 0 N–H and O–H groups in total. The molecule has 112 valence electrons. The van der Waals surface area contributed by atoms with Crippen LogP contribution in [0.3, 0.4) is 0 Å². The van der Waals surface area contributed by atoms with Gasteiger partial charge in [0.2, 0.25) is 0 Å². The van der Waals surface area contributed by atoms with E-state index in [2.05, 4.69) is 17.5 Å². The van der Waals surface area contributed by atoms with Crippen LogP contribution in [0.1, 0.15) is 34.2 Å². The van der Waals surface area contributed by atoms with E-state index in [4.69, 9.17) is 4.42 Å². The van der Waals surface area contributed by atoms with Gasteiger partial charge in [0.1, 0.15) is 5.58 Å². The molecule has 1 aliphatic heterocycles. The molecule has 4 rings (SSSR count). The monoisotopic (exact) mass is 311 g/mol. The zero-order chi connectivity index (χ0) is 14.9. The van der Waals surface area contributed by atoms with Gasteiger partial charge in [0, 0.05) is 23.4 Å². The molecular formula is C18H17NO2S. The highest BCUT2D eigenvalue weighted by Crippen LogP contribution is 2.31. The minimum atomic E-state index is 0.0147. The second kappa shape index (κ2) is 5.61. The Balaban J connectivity index is 1.47. The van der Waals surface area contributed by atoms with E-state index in [1.807, 2.05) is 46.6 Å². The summed E-state index contributed by atoms with van der Waals surface area (Å²) >= 11 is 1.82. The predicted octanol–water partition coefficient (Wildman–Crippen LogP) is 4.51. The number of rotatable bonds is 2. The van der Waals surface area contributed by atoms with E-state index in [-0.39, 0.29) is 5.91 Å². The highest BCUT2D eigenvalue weighted by Gasteiger charge is 2.26. The van der Waals surface area contributed by atoms with Gasteiger partial charge in [0.05, 0.1) is 0 Å². The molecule has 0 radical (unpaired) electrons. The third-order valence-corrected chi connectivity index (χ3v) is 5.40. The van der Waals surface area contributed by atoms with Crippen LogP contribution in [0.2, 0.25) is 0 Å². The maximum absolute atomic E-state index is 12.6. The van der Waals surface area contributed by atoms with Crippen molar-refractivity contribution in [2.45, 2.75) is 18.8 Å². The predicted molar refractivity (Wildman–Crippen MR) is 88.4 cm³/mol. The molecule has 3 nitrogen and oxygen atoms in total. The lowest BCUT2D eigenvalue weighted by Gasteiger charge is -2.31. The maximum Gasteiger partial charge on any atom is 0.289 e. The molecule has 3 aromatic rings. The first-order valence-electron chi connectivity index (χ1n) is 7.62. The molecule has 0 aliphatic carbocycles. The number of hydrogen-bond donors (Lipinski definition) is 0. The average Bonchev–Trinajstić information content (AvgIpc) is 3.23. The van der Waals surface area contributed by atoms with E-state index < -0.39 is 0 Å². The molecule has 1 fully saturated rings. The summed E-state index contributed by atoms with van der Waals surface area (Å²) in [5.74, 6) is 1.07. The summed E-state index contributed by atoms with van der Waals surface area (Å²) in [7, 11) is 0. The third kappa shape index (κ3) is 2.44. The van der Waals surface area contributed by atoms with Gasteiger partial charge < -0.3 is 9.32 Å². The molecule has 0 saturated carbocycles. The molecule has 3 heterocycles. The quantitative estimate of drug-likeness (QED) is 0.697. The van der Waals surface area contributed by atoms with Gasteiger partial charge in [-0.3, -0.25) is 4.79 Å². The smallest absolute Gasteiger partial charge is 0.289 e. The van der Waals surface area contributed by atoms with Crippen LogP contribution in [0.5, 0.6) is 0 Å². The summed E-state index contributed by atoms with van der Waals surface area (Å²) in [5, 5.41) is 3.11. The van der Waals surface area contributed by atoms with Gasteiger partial charge >= 0.3 is 0 Å². The molecule has 2 aromatic heterocycles. The number of fused-ring (bicyclic) bond motifs is 1. The average molecular weight is 311 g/mol. The summed E-state index contributed by atoms with van der Waals surface area (Å²) in [5.41, 5.74) is 0.777. The Morgan fingerprint density at radius 2 is 1.95 bits per heavy atom. The number of hydrogen-bond acceptors (Lipinski definition) is 3. The van der Waals surface area contributed by atoms with Gasteiger partial charge in [-0.15, -0.1) is 11.3 Å². The lowest BCUT2D eigenvalue weighted by molar-refractivity contribution is 0.0684. The Labute approximate surface area is 133 Å². The molecule has 0 atom stereocenters. The van der Waals surface area contributed by atoms with Gasteiger partial charge in [0.15, 0.2) is 5.76 Å². The number of likely N-dealkylation sites (tertiary alicyclic amines) is 1. The Morgan fingerprint density at radius 3 is 2.68 bits per heavy atom. The molecule has 1 amide bonds. The van der Waals surface area contributed by atoms with Crippen molar-refractivity contribution in [3.63, 3.8) is 0 Å². The number of thiophene rings is 1.